The minimum absolute atomic E-state index is 0.0292. The van der Waals surface area contributed by atoms with Crippen LogP contribution in [0.5, 0.6) is 0 Å². The van der Waals surface area contributed by atoms with Crippen molar-refractivity contribution in [3.63, 3.8) is 0 Å². The number of aryl methyl sites for hydroxylation is 1. The van der Waals surface area contributed by atoms with E-state index in [1.54, 1.807) is 18.6 Å². The summed E-state index contributed by atoms with van der Waals surface area (Å²) in [6.45, 7) is 5.95. The first kappa shape index (κ1) is 17.4. The van der Waals surface area contributed by atoms with Crippen LogP contribution in [0.4, 0.5) is 5.69 Å². The highest BCUT2D eigenvalue weighted by molar-refractivity contribution is 5.91. The van der Waals surface area contributed by atoms with E-state index in [0.717, 1.165) is 31.8 Å². The van der Waals surface area contributed by atoms with Crippen molar-refractivity contribution in [1.82, 2.24) is 14.5 Å². The molecule has 140 valence electrons. The maximum Gasteiger partial charge on any atom is 0.289 e. The summed E-state index contributed by atoms with van der Waals surface area (Å²) < 4.78 is 7.71. The molecule has 3 heterocycles. The van der Waals surface area contributed by atoms with Crippen LogP contribution < -0.4 is 4.90 Å². The molecule has 1 aliphatic heterocycles. The maximum absolute atomic E-state index is 12.9. The van der Waals surface area contributed by atoms with Crippen molar-refractivity contribution < 1.29 is 9.21 Å². The molecule has 1 aliphatic rings. The van der Waals surface area contributed by atoms with Crippen LogP contribution in [0.1, 0.15) is 28.3 Å². The molecule has 0 atom stereocenters. The van der Waals surface area contributed by atoms with Crippen molar-refractivity contribution in [1.29, 1.82) is 0 Å². The van der Waals surface area contributed by atoms with Crippen molar-refractivity contribution in [3.8, 4) is 0 Å². The molecular weight excluding hydrogens is 340 g/mol. The number of imidazole rings is 1. The van der Waals surface area contributed by atoms with Gasteiger partial charge in [-0.1, -0.05) is 18.2 Å². The van der Waals surface area contributed by atoms with E-state index in [1.165, 1.54) is 11.3 Å². The molecule has 3 aromatic rings. The van der Waals surface area contributed by atoms with Gasteiger partial charge >= 0.3 is 0 Å². The van der Waals surface area contributed by atoms with Gasteiger partial charge in [0.2, 0.25) is 0 Å². The molecule has 0 N–H and O–H groups in total. The predicted octanol–water partition coefficient (Wildman–Crippen LogP) is 3.19. The fraction of sp³-hybridized carbons (Fsp3) is 0.333. The molecule has 6 nitrogen and oxygen atoms in total. The average molecular weight is 364 g/mol. The SMILES string of the molecule is Cc1ccccc1N1CCCN(C(=O)c2ccc(Cn3ccnc3)o2)CC1. The van der Waals surface area contributed by atoms with E-state index in [4.69, 9.17) is 4.42 Å². The molecule has 1 saturated heterocycles. The van der Waals surface area contributed by atoms with Gasteiger partial charge in [0.1, 0.15) is 5.76 Å². The summed E-state index contributed by atoms with van der Waals surface area (Å²) in [6.07, 6.45) is 6.28. The van der Waals surface area contributed by atoms with Gasteiger partial charge < -0.3 is 18.8 Å². The Kier molecular flexibility index (Phi) is 4.96. The number of para-hydroxylation sites is 1. The molecule has 4 rings (SSSR count). The Balaban J connectivity index is 1.41. The lowest BCUT2D eigenvalue weighted by Crippen LogP contribution is -2.35. The molecule has 0 unspecified atom stereocenters. The fourth-order valence-corrected chi connectivity index (χ4v) is 3.57. The molecule has 27 heavy (non-hydrogen) atoms. The van der Waals surface area contributed by atoms with E-state index in [1.807, 2.05) is 21.7 Å². The number of anilines is 1. The lowest BCUT2D eigenvalue weighted by molar-refractivity contribution is 0.0733. The summed E-state index contributed by atoms with van der Waals surface area (Å²) in [5.74, 6) is 1.14. The molecule has 1 amide bonds. The van der Waals surface area contributed by atoms with Crippen LogP contribution in [0.3, 0.4) is 0 Å². The highest BCUT2D eigenvalue weighted by Gasteiger charge is 2.23. The molecule has 0 saturated carbocycles. The van der Waals surface area contributed by atoms with Gasteiger partial charge in [-0.2, -0.15) is 0 Å². The highest BCUT2D eigenvalue weighted by Crippen LogP contribution is 2.21. The number of rotatable bonds is 4. The van der Waals surface area contributed by atoms with Crippen molar-refractivity contribution >= 4 is 11.6 Å². The summed E-state index contributed by atoms with van der Waals surface area (Å²) in [6, 6.07) is 12.1. The summed E-state index contributed by atoms with van der Waals surface area (Å²) in [5.41, 5.74) is 2.53. The molecule has 0 aliphatic carbocycles. The van der Waals surface area contributed by atoms with Crippen LogP contribution in [0, 0.1) is 6.92 Å². The molecular formula is C21H24N4O2. The monoisotopic (exact) mass is 364 g/mol. The number of carbonyl (C=O) groups is 1. The second-order valence-corrected chi connectivity index (χ2v) is 6.92. The third kappa shape index (κ3) is 3.89. The predicted molar refractivity (Wildman–Crippen MR) is 104 cm³/mol. The Hall–Kier alpha value is -3.02. The van der Waals surface area contributed by atoms with E-state index >= 15 is 0 Å². The van der Waals surface area contributed by atoms with Crippen LogP contribution in [0.2, 0.25) is 0 Å². The van der Waals surface area contributed by atoms with Gasteiger partial charge in [-0.3, -0.25) is 4.79 Å². The lowest BCUT2D eigenvalue weighted by atomic mass is 10.2. The molecule has 2 aromatic heterocycles. The van der Waals surface area contributed by atoms with Crippen LogP contribution in [0.25, 0.3) is 0 Å². The van der Waals surface area contributed by atoms with Gasteiger partial charge in [-0.25, -0.2) is 4.98 Å². The van der Waals surface area contributed by atoms with Crippen molar-refractivity contribution in [2.45, 2.75) is 19.9 Å². The van der Waals surface area contributed by atoms with Gasteiger partial charge in [0.05, 0.1) is 12.9 Å². The zero-order valence-corrected chi connectivity index (χ0v) is 15.5. The number of nitrogens with zero attached hydrogens (tertiary/aromatic N) is 4. The maximum atomic E-state index is 12.9. The molecule has 6 heteroatoms. The second-order valence-electron chi connectivity index (χ2n) is 6.92. The smallest absolute Gasteiger partial charge is 0.289 e. The first-order valence-corrected chi connectivity index (χ1v) is 9.35. The van der Waals surface area contributed by atoms with Crippen molar-refractivity contribution in [2.75, 3.05) is 31.1 Å². The van der Waals surface area contributed by atoms with Crippen LogP contribution >= 0.6 is 0 Å². The number of aromatic nitrogens is 2. The number of benzene rings is 1. The van der Waals surface area contributed by atoms with Gasteiger partial charge in [0, 0.05) is 44.3 Å². The Bertz CT molecular complexity index is 901. The van der Waals surface area contributed by atoms with Gasteiger partial charge in [-0.15, -0.1) is 0 Å². The molecule has 0 bridgehead atoms. The summed E-state index contributed by atoms with van der Waals surface area (Å²) >= 11 is 0. The third-order valence-corrected chi connectivity index (χ3v) is 5.01. The van der Waals surface area contributed by atoms with Crippen LogP contribution in [0.15, 0.2) is 59.5 Å². The molecule has 1 fully saturated rings. The summed E-state index contributed by atoms with van der Waals surface area (Å²) in [5, 5.41) is 0. The normalized spacial score (nSPS) is 15.0. The second kappa shape index (κ2) is 7.70. The Morgan fingerprint density at radius 1 is 1.11 bits per heavy atom. The zero-order chi connectivity index (χ0) is 18.6. The summed E-state index contributed by atoms with van der Waals surface area (Å²) in [7, 11) is 0. The number of hydrogen-bond donors (Lipinski definition) is 0. The summed E-state index contributed by atoms with van der Waals surface area (Å²) in [4.78, 5) is 21.2. The number of hydrogen-bond acceptors (Lipinski definition) is 4. The molecule has 1 aromatic carbocycles. The zero-order valence-electron chi connectivity index (χ0n) is 15.5. The largest absolute Gasteiger partial charge is 0.454 e. The minimum atomic E-state index is -0.0292. The Morgan fingerprint density at radius 3 is 2.81 bits per heavy atom. The topological polar surface area (TPSA) is 54.5 Å². The number of amides is 1. The first-order chi connectivity index (χ1) is 13.2. The lowest BCUT2D eigenvalue weighted by Gasteiger charge is -2.25. The van der Waals surface area contributed by atoms with Gasteiger partial charge in [0.15, 0.2) is 5.76 Å². The van der Waals surface area contributed by atoms with E-state index in [0.29, 0.717) is 18.8 Å². The molecule has 0 radical (unpaired) electrons. The number of furan rings is 1. The van der Waals surface area contributed by atoms with E-state index in [2.05, 4.69) is 41.1 Å². The fourth-order valence-electron chi connectivity index (χ4n) is 3.57. The number of carbonyl (C=O) groups excluding carboxylic acids is 1. The quantitative estimate of drug-likeness (QED) is 0.713. The average Bonchev–Trinajstić information content (AvgIpc) is 3.29. The standard InChI is InChI=1S/C21H24N4O2/c1-17-5-2-3-6-19(17)24-10-4-11-25(14-13-24)21(26)20-8-7-18(27-20)15-23-12-9-22-16-23/h2-3,5-9,12,16H,4,10-11,13-15H2,1H3. The first-order valence-electron chi connectivity index (χ1n) is 9.35. The van der Waals surface area contributed by atoms with Gasteiger partial charge in [-0.05, 0) is 37.1 Å². The minimum Gasteiger partial charge on any atom is -0.454 e. The Labute approximate surface area is 159 Å². The highest BCUT2D eigenvalue weighted by atomic mass is 16.4. The van der Waals surface area contributed by atoms with Gasteiger partial charge in [0.25, 0.3) is 5.91 Å². The van der Waals surface area contributed by atoms with E-state index < -0.39 is 0 Å². The van der Waals surface area contributed by atoms with Crippen LogP contribution in [-0.4, -0.2) is 46.5 Å². The van der Waals surface area contributed by atoms with Crippen molar-refractivity contribution in [2.24, 2.45) is 0 Å². The van der Waals surface area contributed by atoms with E-state index in [-0.39, 0.29) is 5.91 Å². The third-order valence-electron chi connectivity index (χ3n) is 5.01. The molecule has 0 spiro atoms. The van der Waals surface area contributed by atoms with Crippen LogP contribution in [-0.2, 0) is 6.54 Å². The van der Waals surface area contributed by atoms with Crippen molar-refractivity contribution in [3.05, 3.63) is 72.2 Å². The Morgan fingerprint density at radius 2 is 2.00 bits per heavy atom. The van der Waals surface area contributed by atoms with E-state index in [9.17, 15) is 4.79 Å².